The second kappa shape index (κ2) is 8.29. The first-order valence-electron chi connectivity index (χ1n) is 7.30. The molecular formula is C16H24N2O3. The lowest BCUT2D eigenvalue weighted by Crippen LogP contribution is -2.43. The molecule has 5 heteroatoms. The summed E-state index contributed by atoms with van der Waals surface area (Å²) < 4.78 is 0. The number of rotatable bonds is 7. The van der Waals surface area contributed by atoms with Gasteiger partial charge in [-0.25, -0.2) is 9.59 Å². The molecule has 0 aliphatic rings. The summed E-state index contributed by atoms with van der Waals surface area (Å²) in [6, 6.07) is 6.66. The minimum atomic E-state index is -0.932. The molecule has 2 atom stereocenters. The summed E-state index contributed by atoms with van der Waals surface area (Å²) in [6.45, 7) is 6.72. The van der Waals surface area contributed by atoms with Gasteiger partial charge in [0, 0.05) is 12.6 Å². The van der Waals surface area contributed by atoms with Crippen LogP contribution in [0.5, 0.6) is 0 Å². The molecule has 1 aromatic rings. The number of benzene rings is 1. The summed E-state index contributed by atoms with van der Waals surface area (Å²) in [7, 11) is 0. The molecule has 1 aromatic carbocycles. The third kappa shape index (κ3) is 5.85. The lowest BCUT2D eigenvalue weighted by Gasteiger charge is -2.20. The van der Waals surface area contributed by atoms with Gasteiger partial charge in [-0.2, -0.15) is 0 Å². The van der Waals surface area contributed by atoms with Crippen molar-refractivity contribution < 1.29 is 14.7 Å². The molecule has 0 aliphatic heterocycles. The van der Waals surface area contributed by atoms with Gasteiger partial charge >= 0.3 is 12.0 Å². The second-order valence-corrected chi connectivity index (χ2v) is 5.33. The van der Waals surface area contributed by atoms with E-state index in [2.05, 4.69) is 24.5 Å². The van der Waals surface area contributed by atoms with Crippen LogP contribution in [-0.2, 0) is 6.42 Å². The maximum atomic E-state index is 11.7. The number of hydrogen-bond acceptors (Lipinski definition) is 2. The van der Waals surface area contributed by atoms with Gasteiger partial charge in [-0.15, -0.1) is 0 Å². The van der Waals surface area contributed by atoms with Crippen molar-refractivity contribution >= 4 is 12.0 Å². The summed E-state index contributed by atoms with van der Waals surface area (Å²) in [6.07, 6.45) is 1.70. The van der Waals surface area contributed by atoms with E-state index in [4.69, 9.17) is 5.11 Å². The Morgan fingerprint density at radius 3 is 2.33 bits per heavy atom. The van der Waals surface area contributed by atoms with Crippen LogP contribution in [0.15, 0.2) is 24.3 Å². The van der Waals surface area contributed by atoms with Gasteiger partial charge in [-0.05, 0) is 37.0 Å². The molecule has 21 heavy (non-hydrogen) atoms. The maximum absolute atomic E-state index is 11.7. The number of carboxylic acid groups (broad SMARTS) is 1. The van der Waals surface area contributed by atoms with Crippen LogP contribution in [0.4, 0.5) is 4.79 Å². The lowest BCUT2D eigenvalue weighted by atomic mass is 10.0. The van der Waals surface area contributed by atoms with E-state index < -0.39 is 5.97 Å². The minimum absolute atomic E-state index is 0.143. The van der Waals surface area contributed by atoms with Crippen LogP contribution in [0.3, 0.4) is 0 Å². The third-order valence-corrected chi connectivity index (χ3v) is 3.76. The quantitative estimate of drug-likeness (QED) is 0.723. The molecule has 0 spiro atoms. The average Bonchev–Trinajstić information content (AvgIpc) is 2.46. The van der Waals surface area contributed by atoms with Crippen LogP contribution < -0.4 is 10.6 Å². The first-order valence-corrected chi connectivity index (χ1v) is 7.30. The monoisotopic (exact) mass is 292 g/mol. The fourth-order valence-electron chi connectivity index (χ4n) is 1.89. The molecule has 0 heterocycles. The van der Waals surface area contributed by atoms with Crippen molar-refractivity contribution in [1.82, 2.24) is 10.6 Å². The Morgan fingerprint density at radius 1 is 1.19 bits per heavy atom. The zero-order valence-electron chi connectivity index (χ0n) is 12.8. The van der Waals surface area contributed by atoms with Crippen molar-refractivity contribution in [3.8, 4) is 0 Å². The molecule has 0 aromatic heterocycles. The molecule has 0 saturated carbocycles. The Morgan fingerprint density at radius 2 is 1.81 bits per heavy atom. The Bertz CT molecular complexity index is 471. The molecular weight excluding hydrogens is 268 g/mol. The summed E-state index contributed by atoms with van der Waals surface area (Å²) in [5.41, 5.74) is 1.27. The van der Waals surface area contributed by atoms with Crippen molar-refractivity contribution in [2.75, 3.05) is 6.54 Å². The summed E-state index contributed by atoms with van der Waals surface area (Å²) in [5.74, 6) is -0.489. The van der Waals surface area contributed by atoms with Crippen molar-refractivity contribution in [3.05, 3.63) is 35.4 Å². The highest BCUT2D eigenvalue weighted by molar-refractivity contribution is 5.87. The van der Waals surface area contributed by atoms with Gasteiger partial charge in [-0.1, -0.05) is 32.4 Å². The van der Waals surface area contributed by atoms with Gasteiger partial charge in [0.25, 0.3) is 0 Å². The molecule has 0 fully saturated rings. The second-order valence-electron chi connectivity index (χ2n) is 5.33. The van der Waals surface area contributed by atoms with E-state index in [0.29, 0.717) is 18.9 Å². The Hall–Kier alpha value is -2.04. The van der Waals surface area contributed by atoms with Crippen molar-refractivity contribution in [2.45, 2.75) is 39.7 Å². The molecule has 0 saturated heterocycles. The summed E-state index contributed by atoms with van der Waals surface area (Å²) >= 11 is 0. The fourth-order valence-corrected chi connectivity index (χ4v) is 1.89. The van der Waals surface area contributed by atoms with Gasteiger partial charge in [0.1, 0.15) is 0 Å². The minimum Gasteiger partial charge on any atom is -0.478 e. The molecule has 0 radical (unpaired) electrons. The largest absolute Gasteiger partial charge is 0.478 e. The zero-order chi connectivity index (χ0) is 15.8. The van der Waals surface area contributed by atoms with Crippen molar-refractivity contribution in [3.63, 3.8) is 0 Å². The number of aromatic carboxylic acids is 1. The van der Waals surface area contributed by atoms with E-state index in [-0.39, 0.29) is 17.6 Å². The molecule has 5 nitrogen and oxygen atoms in total. The standard InChI is InChI=1S/C16H24N2O3/c1-4-11(2)12(3)18-16(21)17-10-9-13-5-7-14(8-6-13)15(19)20/h5-8,11-12H,4,9-10H2,1-3H3,(H,19,20)(H2,17,18,21). The smallest absolute Gasteiger partial charge is 0.335 e. The van der Waals surface area contributed by atoms with Crippen LogP contribution in [0.1, 0.15) is 43.1 Å². The van der Waals surface area contributed by atoms with Crippen molar-refractivity contribution in [2.24, 2.45) is 5.92 Å². The normalized spacial score (nSPS) is 13.3. The van der Waals surface area contributed by atoms with Gasteiger partial charge in [0.15, 0.2) is 0 Å². The molecule has 1 rings (SSSR count). The number of carbonyl (C=O) groups is 2. The van der Waals surface area contributed by atoms with Crippen molar-refractivity contribution in [1.29, 1.82) is 0 Å². The van der Waals surface area contributed by atoms with Crippen LogP contribution in [0.2, 0.25) is 0 Å². The van der Waals surface area contributed by atoms with Gasteiger partial charge in [-0.3, -0.25) is 0 Å². The number of hydrogen-bond donors (Lipinski definition) is 3. The molecule has 2 unspecified atom stereocenters. The van der Waals surface area contributed by atoms with E-state index in [1.807, 2.05) is 6.92 Å². The average molecular weight is 292 g/mol. The first-order chi connectivity index (χ1) is 9.93. The van der Waals surface area contributed by atoms with Crippen LogP contribution in [-0.4, -0.2) is 29.7 Å². The highest BCUT2D eigenvalue weighted by Crippen LogP contribution is 2.06. The Kier molecular flexibility index (Phi) is 6.72. The maximum Gasteiger partial charge on any atom is 0.335 e. The SMILES string of the molecule is CCC(C)C(C)NC(=O)NCCc1ccc(C(=O)O)cc1. The predicted molar refractivity (Wildman–Crippen MR) is 82.6 cm³/mol. The Labute approximate surface area is 125 Å². The van der Waals surface area contributed by atoms with E-state index >= 15 is 0 Å². The highest BCUT2D eigenvalue weighted by atomic mass is 16.4. The first kappa shape index (κ1) is 17.0. The summed E-state index contributed by atoms with van der Waals surface area (Å²) in [5, 5.41) is 14.5. The number of nitrogens with one attached hydrogen (secondary N) is 2. The summed E-state index contributed by atoms with van der Waals surface area (Å²) in [4.78, 5) is 22.4. The van der Waals surface area contributed by atoms with Crippen LogP contribution in [0.25, 0.3) is 0 Å². The van der Waals surface area contributed by atoms with Crippen LogP contribution in [0, 0.1) is 5.92 Å². The third-order valence-electron chi connectivity index (χ3n) is 3.76. The molecule has 3 N–H and O–H groups in total. The highest BCUT2D eigenvalue weighted by Gasteiger charge is 2.12. The predicted octanol–water partition coefficient (Wildman–Crippen LogP) is 2.66. The lowest BCUT2D eigenvalue weighted by molar-refractivity contribution is 0.0697. The topological polar surface area (TPSA) is 78.4 Å². The molecule has 2 amide bonds. The molecule has 0 bridgehead atoms. The van der Waals surface area contributed by atoms with E-state index in [1.165, 1.54) is 0 Å². The number of carbonyl (C=O) groups excluding carboxylic acids is 1. The van der Waals surface area contributed by atoms with Crippen LogP contribution >= 0.6 is 0 Å². The fraction of sp³-hybridized carbons (Fsp3) is 0.500. The number of urea groups is 1. The van der Waals surface area contributed by atoms with Gasteiger partial charge in [0.05, 0.1) is 5.56 Å². The zero-order valence-corrected chi connectivity index (χ0v) is 12.8. The molecule has 116 valence electrons. The van der Waals surface area contributed by atoms with E-state index in [0.717, 1.165) is 12.0 Å². The van der Waals surface area contributed by atoms with Gasteiger partial charge < -0.3 is 15.7 Å². The van der Waals surface area contributed by atoms with E-state index in [9.17, 15) is 9.59 Å². The number of carboxylic acids is 1. The van der Waals surface area contributed by atoms with E-state index in [1.54, 1.807) is 24.3 Å². The number of amides is 2. The molecule has 0 aliphatic carbocycles. The van der Waals surface area contributed by atoms with Gasteiger partial charge in [0.2, 0.25) is 0 Å². The Balaban J connectivity index is 2.33.